The molecule has 7 nitrogen and oxygen atoms in total. The van der Waals surface area contributed by atoms with E-state index in [1.807, 2.05) is 7.05 Å². The number of hydrogen-bond donors (Lipinski definition) is 1. The smallest absolute Gasteiger partial charge is 0.261 e. The Labute approximate surface area is 141 Å². The molecule has 0 aliphatic carbocycles. The van der Waals surface area contributed by atoms with E-state index < -0.39 is 21.8 Å². The Kier molecular flexibility index (Phi) is 4.46. The van der Waals surface area contributed by atoms with Crippen molar-refractivity contribution in [3.63, 3.8) is 0 Å². The molecule has 0 radical (unpaired) electrons. The normalized spacial score (nSPS) is 19.8. The number of piperidine rings is 1. The van der Waals surface area contributed by atoms with Crippen LogP contribution in [0.4, 0.5) is 0 Å². The number of rotatable bonds is 4. The van der Waals surface area contributed by atoms with Crippen LogP contribution in [-0.2, 0) is 10.0 Å². The van der Waals surface area contributed by atoms with Crippen molar-refractivity contribution in [2.24, 2.45) is 5.92 Å². The lowest BCUT2D eigenvalue weighted by Crippen LogP contribution is -2.40. The Balaban J connectivity index is 1.85. The second-order valence-electron chi connectivity index (χ2n) is 6.28. The standard InChI is InChI=1S/C16H21N3O4S/c1-17-10-11-5-7-19(8-6-11)24(22,23)12-3-4-13-14(9-12)16(21)18(2)15(13)20/h3-4,9,11,17H,5-8,10H2,1-2H3. The van der Waals surface area contributed by atoms with E-state index in [2.05, 4.69) is 5.32 Å². The molecule has 0 atom stereocenters. The number of sulfonamides is 1. The second-order valence-corrected chi connectivity index (χ2v) is 8.22. The van der Waals surface area contributed by atoms with Crippen molar-refractivity contribution in [1.82, 2.24) is 14.5 Å². The molecule has 2 aliphatic heterocycles. The lowest BCUT2D eigenvalue weighted by atomic mass is 9.98. The number of hydrogen-bond acceptors (Lipinski definition) is 5. The van der Waals surface area contributed by atoms with Gasteiger partial charge in [-0.2, -0.15) is 4.31 Å². The minimum absolute atomic E-state index is 0.0739. The van der Waals surface area contributed by atoms with Crippen LogP contribution in [0.2, 0.25) is 0 Å². The number of carbonyl (C=O) groups excluding carboxylic acids is 2. The Hall–Kier alpha value is -1.77. The predicted octanol–water partition coefficient (Wildman–Crippen LogP) is 0.532. The first kappa shape index (κ1) is 17.1. The zero-order chi connectivity index (χ0) is 17.5. The summed E-state index contributed by atoms with van der Waals surface area (Å²) in [5, 5.41) is 3.12. The van der Waals surface area contributed by atoms with Gasteiger partial charge in [0.05, 0.1) is 16.0 Å². The fourth-order valence-corrected chi connectivity index (χ4v) is 4.79. The molecule has 2 aliphatic rings. The van der Waals surface area contributed by atoms with Gasteiger partial charge in [0, 0.05) is 20.1 Å². The second kappa shape index (κ2) is 6.27. The molecule has 1 N–H and O–H groups in total. The molecule has 0 bridgehead atoms. The van der Waals surface area contributed by atoms with Gasteiger partial charge in [-0.3, -0.25) is 14.5 Å². The molecule has 1 saturated heterocycles. The summed E-state index contributed by atoms with van der Waals surface area (Å²) >= 11 is 0. The van der Waals surface area contributed by atoms with Crippen molar-refractivity contribution in [1.29, 1.82) is 0 Å². The van der Waals surface area contributed by atoms with Crippen LogP contribution >= 0.6 is 0 Å². The van der Waals surface area contributed by atoms with Crippen LogP contribution in [0.5, 0.6) is 0 Å². The maximum atomic E-state index is 12.8. The Morgan fingerprint density at radius 2 is 1.75 bits per heavy atom. The number of imide groups is 1. The summed E-state index contributed by atoms with van der Waals surface area (Å²) in [6.07, 6.45) is 1.62. The molecule has 8 heteroatoms. The third-order valence-corrected chi connectivity index (χ3v) is 6.66. The van der Waals surface area contributed by atoms with Crippen LogP contribution in [0.15, 0.2) is 23.1 Å². The molecule has 3 rings (SSSR count). The zero-order valence-electron chi connectivity index (χ0n) is 13.8. The Morgan fingerprint density at radius 3 is 2.38 bits per heavy atom. The van der Waals surface area contributed by atoms with E-state index in [-0.39, 0.29) is 16.0 Å². The van der Waals surface area contributed by atoms with Crippen LogP contribution in [0.1, 0.15) is 33.6 Å². The van der Waals surface area contributed by atoms with E-state index >= 15 is 0 Å². The van der Waals surface area contributed by atoms with Gasteiger partial charge in [-0.15, -0.1) is 0 Å². The maximum Gasteiger partial charge on any atom is 0.261 e. The molecule has 0 spiro atoms. The third-order valence-electron chi connectivity index (χ3n) is 4.77. The van der Waals surface area contributed by atoms with Crippen molar-refractivity contribution >= 4 is 21.8 Å². The number of fused-ring (bicyclic) bond motifs is 1. The predicted molar refractivity (Wildman–Crippen MR) is 88.3 cm³/mol. The zero-order valence-corrected chi connectivity index (χ0v) is 14.6. The van der Waals surface area contributed by atoms with E-state index in [0.717, 1.165) is 24.3 Å². The first-order valence-electron chi connectivity index (χ1n) is 7.97. The van der Waals surface area contributed by atoms with Gasteiger partial charge in [0.1, 0.15) is 0 Å². The first-order valence-corrected chi connectivity index (χ1v) is 9.41. The molecule has 1 aromatic rings. The highest BCUT2D eigenvalue weighted by atomic mass is 32.2. The molecule has 0 aromatic heterocycles. The topological polar surface area (TPSA) is 86.8 Å². The Bertz CT molecular complexity index is 783. The SMILES string of the molecule is CNCC1CCN(S(=O)(=O)c2ccc3c(c2)C(=O)N(C)C3=O)CC1. The highest BCUT2D eigenvalue weighted by Crippen LogP contribution is 2.28. The van der Waals surface area contributed by atoms with E-state index in [1.165, 1.54) is 29.6 Å². The lowest BCUT2D eigenvalue weighted by Gasteiger charge is -2.31. The lowest BCUT2D eigenvalue weighted by molar-refractivity contribution is 0.0693. The number of benzene rings is 1. The van der Waals surface area contributed by atoms with Gasteiger partial charge >= 0.3 is 0 Å². The summed E-state index contributed by atoms with van der Waals surface area (Å²) in [6.45, 7) is 1.83. The van der Waals surface area contributed by atoms with Gasteiger partial charge in [-0.05, 0) is 50.6 Å². The fraction of sp³-hybridized carbons (Fsp3) is 0.500. The van der Waals surface area contributed by atoms with Crippen LogP contribution in [0.3, 0.4) is 0 Å². The summed E-state index contributed by atoms with van der Waals surface area (Å²) in [6, 6.07) is 4.17. The fourth-order valence-electron chi connectivity index (χ4n) is 3.29. The molecule has 1 aromatic carbocycles. The Morgan fingerprint density at radius 1 is 1.12 bits per heavy atom. The summed E-state index contributed by atoms with van der Waals surface area (Å²) in [5.41, 5.74) is 0.419. The minimum Gasteiger partial charge on any atom is -0.319 e. The summed E-state index contributed by atoms with van der Waals surface area (Å²) in [7, 11) is -0.363. The molecule has 2 heterocycles. The van der Waals surface area contributed by atoms with E-state index in [0.29, 0.717) is 19.0 Å². The van der Waals surface area contributed by atoms with Crippen LogP contribution in [-0.4, -0.2) is 63.2 Å². The van der Waals surface area contributed by atoms with Gasteiger partial charge in [0.25, 0.3) is 11.8 Å². The molecular weight excluding hydrogens is 330 g/mol. The van der Waals surface area contributed by atoms with Crippen molar-refractivity contribution in [3.8, 4) is 0 Å². The quantitative estimate of drug-likeness (QED) is 0.800. The summed E-state index contributed by atoms with van der Waals surface area (Å²) in [4.78, 5) is 25.1. The molecule has 0 saturated carbocycles. The maximum absolute atomic E-state index is 12.8. The van der Waals surface area contributed by atoms with Crippen molar-refractivity contribution in [2.45, 2.75) is 17.7 Å². The number of amides is 2. The summed E-state index contributed by atoms with van der Waals surface area (Å²) < 4.78 is 27.1. The first-order chi connectivity index (χ1) is 11.4. The van der Waals surface area contributed by atoms with E-state index in [1.54, 1.807) is 0 Å². The van der Waals surface area contributed by atoms with Gasteiger partial charge in [0.15, 0.2) is 0 Å². The van der Waals surface area contributed by atoms with Crippen LogP contribution < -0.4 is 5.32 Å². The molecular formula is C16H21N3O4S. The van der Waals surface area contributed by atoms with Crippen molar-refractivity contribution < 1.29 is 18.0 Å². The number of nitrogens with one attached hydrogen (secondary N) is 1. The average molecular weight is 351 g/mol. The van der Waals surface area contributed by atoms with Crippen LogP contribution in [0, 0.1) is 5.92 Å². The molecule has 2 amide bonds. The van der Waals surface area contributed by atoms with E-state index in [9.17, 15) is 18.0 Å². The van der Waals surface area contributed by atoms with Gasteiger partial charge in [-0.1, -0.05) is 0 Å². The third kappa shape index (κ3) is 2.74. The van der Waals surface area contributed by atoms with Crippen molar-refractivity contribution in [2.75, 3.05) is 33.7 Å². The molecule has 1 fully saturated rings. The number of nitrogens with zero attached hydrogens (tertiary/aromatic N) is 2. The summed E-state index contributed by atoms with van der Waals surface area (Å²) in [5.74, 6) is -0.374. The molecule has 24 heavy (non-hydrogen) atoms. The van der Waals surface area contributed by atoms with E-state index in [4.69, 9.17) is 0 Å². The highest BCUT2D eigenvalue weighted by Gasteiger charge is 2.35. The highest BCUT2D eigenvalue weighted by molar-refractivity contribution is 7.89. The average Bonchev–Trinajstić information content (AvgIpc) is 2.80. The van der Waals surface area contributed by atoms with Gasteiger partial charge < -0.3 is 5.32 Å². The molecule has 0 unspecified atom stereocenters. The number of carbonyl (C=O) groups is 2. The van der Waals surface area contributed by atoms with Gasteiger partial charge in [-0.25, -0.2) is 8.42 Å². The molecule has 130 valence electrons. The minimum atomic E-state index is -3.65. The van der Waals surface area contributed by atoms with Crippen LogP contribution in [0.25, 0.3) is 0 Å². The van der Waals surface area contributed by atoms with Gasteiger partial charge in [0.2, 0.25) is 10.0 Å². The largest absolute Gasteiger partial charge is 0.319 e. The monoisotopic (exact) mass is 351 g/mol. The van der Waals surface area contributed by atoms with Crippen molar-refractivity contribution in [3.05, 3.63) is 29.3 Å².